The molecule has 0 bridgehead atoms. The van der Waals surface area contributed by atoms with E-state index in [2.05, 4.69) is 10.3 Å². The van der Waals surface area contributed by atoms with Gasteiger partial charge in [-0.15, -0.1) is 11.3 Å². The minimum absolute atomic E-state index is 0.00141. The molecule has 0 spiro atoms. The number of fused-ring (bicyclic) bond motifs is 1. The number of thiazole rings is 1. The van der Waals surface area contributed by atoms with Crippen LogP contribution in [0, 0.1) is 0 Å². The van der Waals surface area contributed by atoms with Crippen LogP contribution < -0.4 is 9.97 Å². The first-order valence-corrected chi connectivity index (χ1v) is 8.29. The molecule has 2 heterocycles. The maximum absolute atomic E-state index is 12.1. The molecule has 24 heavy (non-hydrogen) atoms. The summed E-state index contributed by atoms with van der Waals surface area (Å²) in [6, 6.07) is 4.76. The number of carboxylic acid groups (broad SMARTS) is 1. The Labute approximate surface area is 142 Å². The summed E-state index contributed by atoms with van der Waals surface area (Å²) in [7, 11) is -1.29. The molecule has 1 aliphatic rings. The number of amides is 1. The highest BCUT2D eigenvalue weighted by Crippen LogP contribution is 2.30. The maximum Gasteiger partial charge on any atom is 0.547 e. The van der Waals surface area contributed by atoms with Gasteiger partial charge in [0.05, 0.1) is 17.0 Å². The normalized spacial score (nSPS) is 16.2. The van der Waals surface area contributed by atoms with Gasteiger partial charge < -0.3 is 20.1 Å². The Morgan fingerprint density at radius 2 is 2.29 bits per heavy atom. The Kier molecular flexibility index (Phi) is 4.82. The van der Waals surface area contributed by atoms with Gasteiger partial charge in [0.1, 0.15) is 5.75 Å². The summed E-state index contributed by atoms with van der Waals surface area (Å²) >= 11 is 1.49. The highest BCUT2D eigenvalue weighted by atomic mass is 32.1. The molecule has 0 saturated heterocycles. The number of carbonyl (C=O) groups is 2. The van der Waals surface area contributed by atoms with Crippen molar-refractivity contribution < 1.29 is 24.4 Å². The number of carbonyl (C=O) groups excluding carboxylic acids is 1. The third-order valence-electron chi connectivity index (χ3n) is 3.78. The highest BCUT2D eigenvalue weighted by Gasteiger charge is 2.37. The number of benzene rings is 1. The van der Waals surface area contributed by atoms with Gasteiger partial charge >= 0.3 is 13.1 Å². The molecule has 1 unspecified atom stereocenters. The zero-order valence-corrected chi connectivity index (χ0v) is 13.5. The van der Waals surface area contributed by atoms with Crippen LogP contribution in [-0.2, 0) is 17.6 Å². The van der Waals surface area contributed by atoms with E-state index in [1.54, 1.807) is 23.8 Å². The van der Waals surface area contributed by atoms with Crippen molar-refractivity contribution in [3.63, 3.8) is 0 Å². The van der Waals surface area contributed by atoms with Crippen molar-refractivity contribution in [2.75, 3.05) is 0 Å². The summed E-state index contributed by atoms with van der Waals surface area (Å²) in [5.74, 6) is -1.77. The molecule has 3 rings (SSSR count). The first kappa shape index (κ1) is 16.5. The van der Waals surface area contributed by atoms with E-state index in [1.165, 1.54) is 17.4 Å². The van der Waals surface area contributed by atoms with E-state index in [0.717, 1.165) is 4.88 Å². The molecule has 124 valence electrons. The highest BCUT2D eigenvalue weighted by molar-refractivity contribution is 7.09. The fourth-order valence-corrected chi connectivity index (χ4v) is 3.20. The van der Waals surface area contributed by atoms with Crippen LogP contribution in [0.5, 0.6) is 5.75 Å². The fourth-order valence-electron chi connectivity index (χ4n) is 2.60. The van der Waals surface area contributed by atoms with Crippen molar-refractivity contribution in [3.05, 3.63) is 45.9 Å². The molecule has 1 aliphatic heterocycles. The van der Waals surface area contributed by atoms with E-state index in [1.807, 2.05) is 0 Å². The molecule has 0 saturated carbocycles. The largest absolute Gasteiger partial charge is 0.547 e. The second-order valence-electron chi connectivity index (χ2n) is 5.45. The first-order chi connectivity index (χ1) is 11.5. The Bertz CT molecular complexity index is 752. The summed E-state index contributed by atoms with van der Waals surface area (Å²) in [4.78, 5) is 28.2. The molecule has 0 radical (unpaired) electrons. The molecule has 1 aromatic carbocycles. The lowest BCUT2D eigenvalue weighted by Crippen LogP contribution is -2.53. The number of nitrogens with zero attached hydrogens (tertiary/aromatic N) is 1. The van der Waals surface area contributed by atoms with Crippen molar-refractivity contribution in [2.24, 2.45) is 0 Å². The van der Waals surface area contributed by atoms with E-state index >= 15 is 0 Å². The molecule has 1 amide bonds. The third kappa shape index (κ3) is 3.57. The van der Waals surface area contributed by atoms with Crippen LogP contribution in [0.3, 0.4) is 0 Å². The lowest BCUT2D eigenvalue weighted by atomic mass is 9.72. The van der Waals surface area contributed by atoms with Gasteiger partial charge in [-0.05, 0) is 24.5 Å². The Hall–Kier alpha value is -2.39. The predicted octanol–water partition coefficient (Wildman–Crippen LogP) is 0.914. The number of nitrogens with one attached hydrogen (secondary N) is 1. The molecule has 0 aliphatic carbocycles. The molecular weight excluding hydrogens is 331 g/mol. The summed E-state index contributed by atoms with van der Waals surface area (Å²) in [6.45, 7) is 0. The van der Waals surface area contributed by atoms with Gasteiger partial charge in [-0.3, -0.25) is 9.78 Å². The van der Waals surface area contributed by atoms with E-state index in [-0.39, 0.29) is 23.6 Å². The Balaban J connectivity index is 1.64. The molecule has 2 aromatic rings. The minimum atomic E-state index is -1.29. The van der Waals surface area contributed by atoms with E-state index in [4.69, 9.17) is 9.76 Å². The number of aryl methyl sites for hydroxylation is 1. The molecule has 3 N–H and O–H groups in total. The van der Waals surface area contributed by atoms with Gasteiger partial charge in [0.25, 0.3) is 0 Å². The number of hydrogen-bond donors (Lipinski definition) is 3. The van der Waals surface area contributed by atoms with Gasteiger partial charge in [0.2, 0.25) is 5.91 Å². The maximum atomic E-state index is 12.1. The quantitative estimate of drug-likeness (QED) is 0.695. The van der Waals surface area contributed by atoms with Crippen molar-refractivity contribution in [2.45, 2.75) is 25.2 Å². The monoisotopic (exact) mass is 346 g/mol. The minimum Gasteiger partial charge on any atom is -0.534 e. The summed E-state index contributed by atoms with van der Waals surface area (Å²) in [6.07, 6.45) is 2.90. The van der Waals surface area contributed by atoms with Gasteiger partial charge in [-0.25, -0.2) is 4.79 Å². The van der Waals surface area contributed by atoms with Gasteiger partial charge in [0.15, 0.2) is 0 Å². The molecule has 1 atom stereocenters. The number of aromatic carboxylic acids is 1. The van der Waals surface area contributed by atoms with Crippen molar-refractivity contribution >= 4 is 30.3 Å². The number of carboxylic acids is 1. The smallest absolute Gasteiger partial charge is 0.534 e. The van der Waals surface area contributed by atoms with Crippen LogP contribution in [0.1, 0.15) is 27.2 Å². The SMILES string of the molecule is O=C(CCc1cncs1)NC1Cc2cccc(C(=O)O)c2OB1O. The van der Waals surface area contributed by atoms with Crippen LogP contribution in [0.15, 0.2) is 29.9 Å². The predicted molar refractivity (Wildman–Crippen MR) is 88.1 cm³/mol. The van der Waals surface area contributed by atoms with Crippen LogP contribution in [-0.4, -0.2) is 40.1 Å². The fraction of sp³-hybridized carbons (Fsp3) is 0.267. The summed E-state index contributed by atoms with van der Waals surface area (Å²) in [5.41, 5.74) is 2.36. The van der Waals surface area contributed by atoms with Crippen LogP contribution in [0.2, 0.25) is 0 Å². The number of aromatic nitrogens is 1. The zero-order chi connectivity index (χ0) is 17.1. The zero-order valence-electron chi connectivity index (χ0n) is 12.6. The van der Waals surface area contributed by atoms with Gasteiger partial charge in [-0.2, -0.15) is 0 Å². The van der Waals surface area contributed by atoms with E-state index in [9.17, 15) is 14.6 Å². The lowest BCUT2D eigenvalue weighted by Gasteiger charge is -2.28. The molecule has 7 nitrogen and oxygen atoms in total. The molecule has 1 aromatic heterocycles. The van der Waals surface area contributed by atoms with Gasteiger partial charge in [-0.1, -0.05) is 12.1 Å². The standard InChI is InChI=1S/C15H15BN2O5S/c19-13(5-4-10-7-17-8-24-10)18-12-6-9-2-1-3-11(15(20)21)14(9)23-16(12)22/h1-3,7-8,12,22H,4-6H2,(H,18,19)(H,20,21). The summed E-state index contributed by atoms with van der Waals surface area (Å²) in [5, 5.41) is 22.0. The van der Waals surface area contributed by atoms with Crippen LogP contribution >= 0.6 is 11.3 Å². The average Bonchev–Trinajstić information content (AvgIpc) is 3.06. The molecular formula is C15H15BN2O5S. The number of rotatable bonds is 5. The van der Waals surface area contributed by atoms with E-state index < -0.39 is 19.0 Å². The third-order valence-corrected chi connectivity index (χ3v) is 4.62. The second-order valence-corrected chi connectivity index (χ2v) is 6.42. The molecule has 0 fully saturated rings. The topological polar surface area (TPSA) is 109 Å². The lowest BCUT2D eigenvalue weighted by molar-refractivity contribution is -0.121. The Morgan fingerprint density at radius 1 is 1.46 bits per heavy atom. The second kappa shape index (κ2) is 7.02. The first-order valence-electron chi connectivity index (χ1n) is 7.41. The van der Waals surface area contributed by atoms with Crippen LogP contribution in [0.25, 0.3) is 0 Å². The Morgan fingerprint density at radius 3 is 3.00 bits per heavy atom. The number of hydrogen-bond acceptors (Lipinski definition) is 6. The van der Waals surface area contributed by atoms with Crippen molar-refractivity contribution in [1.82, 2.24) is 10.3 Å². The summed E-state index contributed by atoms with van der Waals surface area (Å²) < 4.78 is 5.34. The van der Waals surface area contributed by atoms with Crippen molar-refractivity contribution in [3.8, 4) is 5.75 Å². The van der Waals surface area contributed by atoms with E-state index in [0.29, 0.717) is 18.4 Å². The average molecular weight is 346 g/mol. The van der Waals surface area contributed by atoms with Crippen molar-refractivity contribution in [1.29, 1.82) is 0 Å². The van der Waals surface area contributed by atoms with Crippen LogP contribution in [0.4, 0.5) is 0 Å². The molecule has 9 heteroatoms. The number of para-hydroxylation sites is 1. The van der Waals surface area contributed by atoms with Gasteiger partial charge in [0, 0.05) is 17.5 Å².